The lowest BCUT2D eigenvalue weighted by Gasteiger charge is -2.13. The Kier molecular flexibility index (Phi) is 8.51. The zero-order valence-corrected chi connectivity index (χ0v) is 10.5. The van der Waals surface area contributed by atoms with Crippen LogP contribution in [0.3, 0.4) is 0 Å². The SMILES string of the molecule is C=CC(=O)OCCCC=C(C(=O)O)C(OC)OC. The Bertz CT molecular complexity index is 317. The Hall–Kier alpha value is -1.66. The van der Waals surface area contributed by atoms with Gasteiger partial charge >= 0.3 is 11.9 Å². The summed E-state index contributed by atoms with van der Waals surface area (Å²) in [6.45, 7) is 3.47. The molecule has 0 aromatic rings. The van der Waals surface area contributed by atoms with E-state index < -0.39 is 18.2 Å². The third-order valence-electron chi connectivity index (χ3n) is 2.05. The summed E-state index contributed by atoms with van der Waals surface area (Å²) in [5, 5.41) is 8.96. The minimum absolute atomic E-state index is 0.0232. The summed E-state index contributed by atoms with van der Waals surface area (Å²) in [7, 11) is 2.72. The molecule has 0 aromatic heterocycles. The van der Waals surface area contributed by atoms with Crippen molar-refractivity contribution in [2.45, 2.75) is 19.1 Å². The zero-order valence-electron chi connectivity index (χ0n) is 10.5. The summed E-state index contributed by atoms with van der Waals surface area (Å²) in [6, 6.07) is 0. The fourth-order valence-corrected chi connectivity index (χ4v) is 1.21. The fourth-order valence-electron chi connectivity index (χ4n) is 1.21. The van der Waals surface area contributed by atoms with Crippen LogP contribution in [-0.4, -0.2) is 44.2 Å². The van der Waals surface area contributed by atoms with E-state index >= 15 is 0 Å². The van der Waals surface area contributed by atoms with Gasteiger partial charge in [0.2, 0.25) is 0 Å². The number of ether oxygens (including phenoxy) is 3. The van der Waals surface area contributed by atoms with E-state index in [4.69, 9.17) is 19.3 Å². The van der Waals surface area contributed by atoms with Crippen LogP contribution in [0.1, 0.15) is 12.8 Å². The summed E-state index contributed by atoms with van der Waals surface area (Å²) in [6.07, 6.45) is 2.61. The van der Waals surface area contributed by atoms with Crippen molar-refractivity contribution in [3.8, 4) is 0 Å². The number of rotatable bonds is 9. The van der Waals surface area contributed by atoms with E-state index in [2.05, 4.69) is 6.58 Å². The molecule has 18 heavy (non-hydrogen) atoms. The molecule has 0 spiro atoms. The van der Waals surface area contributed by atoms with Crippen molar-refractivity contribution < 1.29 is 28.9 Å². The maximum Gasteiger partial charge on any atom is 0.336 e. The lowest BCUT2D eigenvalue weighted by Crippen LogP contribution is -2.22. The molecule has 0 unspecified atom stereocenters. The van der Waals surface area contributed by atoms with E-state index in [1.165, 1.54) is 20.3 Å². The first-order chi connectivity index (χ1) is 8.56. The van der Waals surface area contributed by atoms with Gasteiger partial charge in [-0.25, -0.2) is 9.59 Å². The standard InChI is InChI=1S/C12H18O6/c1-4-10(13)18-8-6-5-7-9(11(14)15)12(16-2)17-3/h4,7,12H,1,5-6,8H2,2-3H3,(H,14,15). The second-order valence-electron chi connectivity index (χ2n) is 3.28. The third-order valence-corrected chi connectivity index (χ3v) is 2.05. The number of carbonyl (C=O) groups is 2. The molecule has 6 heteroatoms. The molecule has 0 heterocycles. The van der Waals surface area contributed by atoms with Crippen molar-refractivity contribution in [3.63, 3.8) is 0 Å². The average Bonchev–Trinajstić information content (AvgIpc) is 2.36. The van der Waals surface area contributed by atoms with Crippen LogP contribution in [0.4, 0.5) is 0 Å². The van der Waals surface area contributed by atoms with E-state index in [9.17, 15) is 9.59 Å². The van der Waals surface area contributed by atoms with Crippen LogP contribution in [0.5, 0.6) is 0 Å². The summed E-state index contributed by atoms with van der Waals surface area (Å²) < 4.78 is 14.5. The number of allylic oxidation sites excluding steroid dienone is 1. The molecule has 0 fully saturated rings. The summed E-state index contributed by atoms with van der Waals surface area (Å²) >= 11 is 0. The number of carbonyl (C=O) groups excluding carboxylic acids is 1. The van der Waals surface area contributed by atoms with Crippen molar-refractivity contribution in [2.24, 2.45) is 0 Å². The lowest BCUT2D eigenvalue weighted by atomic mass is 10.2. The highest BCUT2D eigenvalue weighted by atomic mass is 16.7. The highest BCUT2D eigenvalue weighted by Gasteiger charge is 2.18. The highest BCUT2D eigenvalue weighted by molar-refractivity contribution is 5.87. The molecule has 6 nitrogen and oxygen atoms in total. The molecule has 0 aliphatic rings. The molecule has 1 N–H and O–H groups in total. The van der Waals surface area contributed by atoms with Gasteiger partial charge < -0.3 is 19.3 Å². The molecule has 0 aromatic carbocycles. The topological polar surface area (TPSA) is 82.1 Å². The Morgan fingerprint density at radius 3 is 2.39 bits per heavy atom. The highest BCUT2D eigenvalue weighted by Crippen LogP contribution is 2.09. The quantitative estimate of drug-likeness (QED) is 0.289. The van der Waals surface area contributed by atoms with Gasteiger partial charge in [0, 0.05) is 20.3 Å². The van der Waals surface area contributed by atoms with Crippen LogP contribution in [0.15, 0.2) is 24.3 Å². The van der Waals surface area contributed by atoms with Crippen LogP contribution in [0.25, 0.3) is 0 Å². The summed E-state index contributed by atoms with van der Waals surface area (Å²) in [5.74, 6) is -1.60. The minimum Gasteiger partial charge on any atom is -0.478 e. The number of methoxy groups -OCH3 is 2. The Labute approximate surface area is 106 Å². The molecule has 102 valence electrons. The number of aliphatic carboxylic acids is 1. The first-order valence-electron chi connectivity index (χ1n) is 5.35. The van der Waals surface area contributed by atoms with Crippen molar-refractivity contribution in [1.82, 2.24) is 0 Å². The predicted octanol–water partition coefficient (Wildman–Crippen LogP) is 1.13. The number of hydrogen-bond donors (Lipinski definition) is 1. The predicted molar refractivity (Wildman–Crippen MR) is 63.9 cm³/mol. The number of unbranched alkanes of at least 4 members (excludes halogenated alkanes) is 1. The molecular formula is C12H18O6. The van der Waals surface area contributed by atoms with Crippen molar-refractivity contribution >= 4 is 11.9 Å². The molecular weight excluding hydrogens is 240 g/mol. The van der Waals surface area contributed by atoms with Crippen LogP contribution in [-0.2, 0) is 23.8 Å². The second kappa shape index (κ2) is 9.38. The lowest BCUT2D eigenvalue weighted by molar-refractivity contribution is -0.140. The normalized spacial score (nSPS) is 11.4. The first kappa shape index (κ1) is 16.3. The average molecular weight is 258 g/mol. The van der Waals surface area contributed by atoms with E-state index in [0.29, 0.717) is 12.8 Å². The Balaban J connectivity index is 4.21. The summed E-state index contributed by atoms with van der Waals surface area (Å²) in [5.41, 5.74) is 0.0232. The van der Waals surface area contributed by atoms with E-state index in [0.717, 1.165) is 6.08 Å². The van der Waals surface area contributed by atoms with Crippen LogP contribution in [0, 0.1) is 0 Å². The molecule has 0 aliphatic heterocycles. The number of esters is 1. The first-order valence-corrected chi connectivity index (χ1v) is 5.35. The third kappa shape index (κ3) is 6.17. The number of carboxylic acid groups (broad SMARTS) is 1. The molecule has 0 aliphatic carbocycles. The Morgan fingerprint density at radius 1 is 1.33 bits per heavy atom. The van der Waals surface area contributed by atoms with E-state index in [1.807, 2.05) is 0 Å². The minimum atomic E-state index is -1.10. The van der Waals surface area contributed by atoms with Crippen LogP contribution >= 0.6 is 0 Å². The largest absolute Gasteiger partial charge is 0.478 e. The molecule has 0 amide bonds. The van der Waals surface area contributed by atoms with Crippen molar-refractivity contribution in [3.05, 3.63) is 24.3 Å². The molecule has 0 bridgehead atoms. The fraction of sp³-hybridized carbons (Fsp3) is 0.500. The molecule has 0 rings (SSSR count). The van der Waals surface area contributed by atoms with Crippen LogP contribution < -0.4 is 0 Å². The van der Waals surface area contributed by atoms with Gasteiger partial charge in [-0.3, -0.25) is 0 Å². The maximum atomic E-state index is 11.0. The monoisotopic (exact) mass is 258 g/mol. The van der Waals surface area contributed by atoms with Gasteiger partial charge in [-0.15, -0.1) is 0 Å². The van der Waals surface area contributed by atoms with Crippen LogP contribution in [0.2, 0.25) is 0 Å². The Morgan fingerprint density at radius 2 is 1.94 bits per heavy atom. The molecule has 0 saturated heterocycles. The van der Waals surface area contributed by atoms with Gasteiger partial charge in [-0.2, -0.15) is 0 Å². The second-order valence-corrected chi connectivity index (χ2v) is 3.28. The van der Waals surface area contributed by atoms with E-state index in [1.54, 1.807) is 0 Å². The smallest absolute Gasteiger partial charge is 0.336 e. The van der Waals surface area contributed by atoms with E-state index in [-0.39, 0.29) is 12.2 Å². The van der Waals surface area contributed by atoms with Gasteiger partial charge in [0.1, 0.15) is 0 Å². The zero-order chi connectivity index (χ0) is 14.0. The van der Waals surface area contributed by atoms with Gasteiger partial charge in [-0.1, -0.05) is 12.7 Å². The summed E-state index contributed by atoms with van der Waals surface area (Å²) in [4.78, 5) is 21.7. The van der Waals surface area contributed by atoms with Gasteiger partial charge in [-0.05, 0) is 12.8 Å². The molecule has 0 radical (unpaired) electrons. The molecule has 0 atom stereocenters. The van der Waals surface area contributed by atoms with Gasteiger partial charge in [0.05, 0.1) is 12.2 Å². The van der Waals surface area contributed by atoms with Crippen molar-refractivity contribution in [1.29, 1.82) is 0 Å². The number of hydrogen-bond acceptors (Lipinski definition) is 5. The van der Waals surface area contributed by atoms with Crippen molar-refractivity contribution in [2.75, 3.05) is 20.8 Å². The number of carboxylic acids is 1. The molecule has 0 saturated carbocycles. The van der Waals surface area contributed by atoms with Gasteiger partial charge in [0.25, 0.3) is 0 Å². The maximum absolute atomic E-state index is 11.0. The van der Waals surface area contributed by atoms with Gasteiger partial charge in [0.15, 0.2) is 6.29 Å².